The van der Waals surface area contributed by atoms with Crippen molar-refractivity contribution in [2.45, 2.75) is 20.0 Å². The number of nitrogens with zero attached hydrogens (tertiary/aromatic N) is 5. The smallest absolute Gasteiger partial charge is 0.261 e. The molecule has 30 heavy (non-hydrogen) atoms. The zero-order valence-corrected chi connectivity index (χ0v) is 16.5. The van der Waals surface area contributed by atoms with Crippen molar-refractivity contribution in [2.75, 3.05) is 0 Å². The first-order valence-electron chi connectivity index (χ1n) is 9.85. The Bertz CT molecular complexity index is 1410. The first-order chi connectivity index (χ1) is 14.7. The van der Waals surface area contributed by atoms with Gasteiger partial charge in [-0.05, 0) is 42.8 Å². The highest BCUT2D eigenvalue weighted by atomic mass is 16.2. The summed E-state index contributed by atoms with van der Waals surface area (Å²) in [6.45, 7) is 3.11. The normalized spacial score (nSPS) is 11.8. The number of hydrogen-bond donors (Lipinski definition) is 1. The van der Waals surface area contributed by atoms with Crippen LogP contribution in [-0.4, -0.2) is 31.7 Å². The summed E-state index contributed by atoms with van der Waals surface area (Å²) in [5.41, 5.74) is 7.48. The maximum atomic E-state index is 12.3. The van der Waals surface area contributed by atoms with Gasteiger partial charge in [0.1, 0.15) is 12.1 Å². The van der Waals surface area contributed by atoms with Crippen molar-refractivity contribution in [1.29, 1.82) is 0 Å². The van der Waals surface area contributed by atoms with Crippen LogP contribution in [0.3, 0.4) is 0 Å². The van der Waals surface area contributed by atoms with Gasteiger partial charge in [0.05, 0.1) is 11.7 Å². The SMILES string of the molecule is CCn1c2ccccc2c2cc(C=NNC(=O)Cn3nnc4ccccc43)ccc21. The van der Waals surface area contributed by atoms with Crippen LogP contribution in [0.1, 0.15) is 12.5 Å². The van der Waals surface area contributed by atoms with Gasteiger partial charge >= 0.3 is 0 Å². The lowest BCUT2D eigenvalue weighted by atomic mass is 10.1. The number of carbonyl (C=O) groups excluding carboxylic acids is 1. The topological polar surface area (TPSA) is 77.1 Å². The van der Waals surface area contributed by atoms with Crippen LogP contribution in [0.2, 0.25) is 0 Å². The van der Waals surface area contributed by atoms with Crippen molar-refractivity contribution in [1.82, 2.24) is 25.0 Å². The second kappa shape index (κ2) is 7.44. The van der Waals surface area contributed by atoms with Crippen LogP contribution >= 0.6 is 0 Å². The third kappa shape index (κ3) is 3.10. The molecule has 0 bridgehead atoms. The second-order valence-corrected chi connectivity index (χ2v) is 7.07. The standard InChI is InChI=1S/C23H20N6O/c1-2-28-20-9-5-3-7-17(20)18-13-16(11-12-21(18)28)14-24-26-23(30)15-29-22-10-6-4-8-19(22)25-27-29/h3-14H,2,15H2,1H3,(H,26,30). The molecular weight excluding hydrogens is 376 g/mol. The van der Waals surface area contributed by atoms with Crippen LogP contribution in [0.4, 0.5) is 0 Å². The van der Waals surface area contributed by atoms with E-state index in [2.05, 4.69) is 68.7 Å². The molecule has 0 spiro atoms. The summed E-state index contributed by atoms with van der Waals surface area (Å²) in [7, 11) is 0. The van der Waals surface area contributed by atoms with Crippen molar-refractivity contribution < 1.29 is 4.79 Å². The van der Waals surface area contributed by atoms with Crippen molar-refractivity contribution in [3.63, 3.8) is 0 Å². The minimum Gasteiger partial charge on any atom is -0.341 e. The molecule has 5 aromatic rings. The molecule has 0 aliphatic heterocycles. The van der Waals surface area contributed by atoms with Gasteiger partial charge in [0.2, 0.25) is 0 Å². The summed E-state index contributed by atoms with van der Waals surface area (Å²) in [4.78, 5) is 12.3. The number of hydrazone groups is 1. The Kier molecular flexibility index (Phi) is 4.48. The fourth-order valence-electron chi connectivity index (χ4n) is 3.88. The number of carbonyl (C=O) groups is 1. The van der Waals surface area contributed by atoms with Crippen LogP contribution < -0.4 is 5.43 Å². The molecule has 1 N–H and O–H groups in total. The van der Waals surface area contributed by atoms with E-state index in [1.54, 1.807) is 10.9 Å². The van der Waals surface area contributed by atoms with E-state index in [-0.39, 0.29) is 12.5 Å². The predicted molar refractivity (Wildman–Crippen MR) is 118 cm³/mol. The highest BCUT2D eigenvalue weighted by molar-refractivity contribution is 6.09. The monoisotopic (exact) mass is 396 g/mol. The Morgan fingerprint density at radius 3 is 2.63 bits per heavy atom. The maximum Gasteiger partial charge on any atom is 0.261 e. The summed E-state index contributed by atoms with van der Waals surface area (Å²) >= 11 is 0. The molecule has 148 valence electrons. The number of aromatic nitrogens is 4. The zero-order chi connectivity index (χ0) is 20.5. The Labute approximate surface area is 172 Å². The second-order valence-electron chi connectivity index (χ2n) is 7.07. The number of fused-ring (bicyclic) bond motifs is 4. The fourth-order valence-corrected chi connectivity index (χ4v) is 3.88. The van der Waals surface area contributed by atoms with Crippen LogP contribution in [0, 0.1) is 0 Å². The molecule has 0 aliphatic carbocycles. The Hall–Kier alpha value is -4.00. The fraction of sp³-hybridized carbons (Fsp3) is 0.130. The Balaban J connectivity index is 1.35. The van der Waals surface area contributed by atoms with Gasteiger partial charge in [-0.3, -0.25) is 4.79 Å². The summed E-state index contributed by atoms with van der Waals surface area (Å²) in [5.74, 6) is -0.259. The molecule has 0 saturated heterocycles. The molecule has 0 radical (unpaired) electrons. The summed E-state index contributed by atoms with van der Waals surface area (Å²) in [6, 6.07) is 22.1. The molecule has 2 aromatic heterocycles. The molecule has 3 aromatic carbocycles. The number of nitrogens with one attached hydrogen (secondary N) is 1. The molecular formula is C23H20N6O. The minimum atomic E-state index is -0.259. The van der Waals surface area contributed by atoms with Gasteiger partial charge in [0.25, 0.3) is 5.91 Å². The van der Waals surface area contributed by atoms with E-state index in [4.69, 9.17) is 0 Å². The number of benzene rings is 3. The minimum absolute atomic E-state index is 0.0564. The molecule has 7 nitrogen and oxygen atoms in total. The highest BCUT2D eigenvalue weighted by Crippen LogP contribution is 2.29. The van der Waals surface area contributed by atoms with Crippen molar-refractivity contribution in [2.24, 2.45) is 5.10 Å². The third-order valence-corrected chi connectivity index (χ3v) is 5.23. The Morgan fingerprint density at radius 1 is 1.00 bits per heavy atom. The average molecular weight is 396 g/mol. The van der Waals surface area contributed by atoms with Gasteiger partial charge in [-0.2, -0.15) is 5.10 Å². The lowest BCUT2D eigenvalue weighted by Gasteiger charge is -2.03. The average Bonchev–Trinajstić information content (AvgIpc) is 3.32. The number of rotatable bonds is 5. The van der Waals surface area contributed by atoms with Crippen molar-refractivity contribution in [3.8, 4) is 0 Å². The lowest BCUT2D eigenvalue weighted by molar-refractivity contribution is -0.121. The third-order valence-electron chi connectivity index (χ3n) is 5.23. The maximum absolute atomic E-state index is 12.3. The van der Waals surface area contributed by atoms with E-state index in [9.17, 15) is 4.79 Å². The number of aryl methyl sites for hydroxylation is 1. The summed E-state index contributed by atoms with van der Waals surface area (Å²) < 4.78 is 3.86. The molecule has 0 atom stereocenters. The van der Waals surface area contributed by atoms with Gasteiger partial charge in [-0.1, -0.05) is 41.6 Å². The number of amides is 1. The van der Waals surface area contributed by atoms with Crippen molar-refractivity contribution in [3.05, 3.63) is 72.3 Å². The van der Waals surface area contributed by atoms with Crippen LogP contribution in [0.25, 0.3) is 32.8 Å². The predicted octanol–water partition coefficient (Wildman–Crippen LogP) is 3.71. The molecule has 0 unspecified atom stereocenters. The molecule has 0 fully saturated rings. The molecule has 0 aliphatic rings. The number of para-hydroxylation sites is 2. The van der Waals surface area contributed by atoms with Gasteiger partial charge in [-0.25, -0.2) is 10.1 Å². The van der Waals surface area contributed by atoms with E-state index < -0.39 is 0 Å². The van der Waals surface area contributed by atoms with Gasteiger partial charge < -0.3 is 4.57 Å². The number of hydrogen-bond acceptors (Lipinski definition) is 4. The first kappa shape index (κ1) is 18.1. The van der Waals surface area contributed by atoms with Gasteiger partial charge in [-0.15, -0.1) is 5.10 Å². The van der Waals surface area contributed by atoms with E-state index in [0.29, 0.717) is 0 Å². The van der Waals surface area contributed by atoms with Crippen molar-refractivity contribution >= 4 is 45.0 Å². The van der Waals surface area contributed by atoms with E-state index in [1.165, 1.54) is 21.8 Å². The van der Waals surface area contributed by atoms with Gasteiger partial charge in [0, 0.05) is 28.4 Å². The van der Waals surface area contributed by atoms with Crippen LogP contribution in [0.15, 0.2) is 71.8 Å². The van der Waals surface area contributed by atoms with Crippen LogP contribution in [0.5, 0.6) is 0 Å². The summed E-state index contributed by atoms with van der Waals surface area (Å²) in [5, 5.41) is 14.6. The lowest BCUT2D eigenvalue weighted by Crippen LogP contribution is -2.23. The van der Waals surface area contributed by atoms with E-state index in [0.717, 1.165) is 23.1 Å². The quantitative estimate of drug-likeness (QED) is 0.363. The van der Waals surface area contributed by atoms with E-state index in [1.807, 2.05) is 30.3 Å². The highest BCUT2D eigenvalue weighted by Gasteiger charge is 2.10. The van der Waals surface area contributed by atoms with E-state index >= 15 is 0 Å². The summed E-state index contributed by atoms with van der Waals surface area (Å²) in [6.07, 6.45) is 1.66. The molecule has 1 amide bonds. The van der Waals surface area contributed by atoms with Gasteiger partial charge in [0.15, 0.2) is 0 Å². The molecule has 2 heterocycles. The zero-order valence-electron chi connectivity index (χ0n) is 16.5. The molecule has 5 rings (SSSR count). The molecule has 7 heteroatoms. The molecule has 0 saturated carbocycles. The Morgan fingerprint density at radius 2 is 1.77 bits per heavy atom. The largest absolute Gasteiger partial charge is 0.341 e. The van der Waals surface area contributed by atoms with Crippen LogP contribution in [-0.2, 0) is 17.9 Å². The first-order valence-corrected chi connectivity index (χ1v) is 9.85.